The summed E-state index contributed by atoms with van der Waals surface area (Å²) in [6.45, 7) is -0.363. The molecule has 2 heterocycles. The fraction of sp³-hybridized carbons (Fsp3) is 0.143. The van der Waals surface area contributed by atoms with E-state index in [-0.39, 0.29) is 34.2 Å². The number of hydrogen-bond acceptors (Lipinski definition) is 6. The molecule has 0 aliphatic carbocycles. The zero-order valence-corrected chi connectivity index (χ0v) is 13.5. The number of carbonyl (C=O) groups excluding carboxylic acids is 1. The number of Topliss-reactive ketones (excluding diaryl/α,β-unsaturated/α-hetero) is 1. The molecule has 0 aliphatic rings. The number of nitro groups is 1. The molecule has 3 aromatic rings. The first-order valence-corrected chi connectivity index (χ1v) is 7.30. The van der Waals surface area contributed by atoms with Gasteiger partial charge in [0.2, 0.25) is 5.28 Å². The molecule has 0 saturated carbocycles. The van der Waals surface area contributed by atoms with Crippen molar-refractivity contribution in [1.82, 2.24) is 19.1 Å². The third-order valence-electron chi connectivity index (χ3n) is 3.64. The summed E-state index contributed by atoms with van der Waals surface area (Å²) in [4.78, 5) is 52.3. The summed E-state index contributed by atoms with van der Waals surface area (Å²) in [6, 6.07) is 5.20. The van der Waals surface area contributed by atoms with Gasteiger partial charge in [-0.25, -0.2) is 4.79 Å². The lowest BCUT2D eigenvalue weighted by molar-refractivity contribution is -0.384. The van der Waals surface area contributed by atoms with Gasteiger partial charge in [-0.3, -0.25) is 29.3 Å². The molecule has 2 aromatic heterocycles. The second kappa shape index (κ2) is 5.98. The van der Waals surface area contributed by atoms with Gasteiger partial charge in [-0.15, -0.1) is 0 Å². The Balaban J connectivity index is 2.08. The van der Waals surface area contributed by atoms with E-state index in [1.807, 2.05) is 0 Å². The van der Waals surface area contributed by atoms with E-state index in [2.05, 4.69) is 9.97 Å². The number of non-ortho nitro benzene ring substituents is 1. The molecule has 0 amide bonds. The normalized spacial score (nSPS) is 11.0. The number of carbonyl (C=O) groups is 1. The van der Waals surface area contributed by atoms with Crippen molar-refractivity contribution < 1.29 is 9.72 Å². The lowest BCUT2D eigenvalue weighted by Crippen LogP contribution is -2.29. The van der Waals surface area contributed by atoms with E-state index in [1.54, 1.807) is 0 Å². The lowest BCUT2D eigenvalue weighted by Gasteiger charge is -2.05. The van der Waals surface area contributed by atoms with Gasteiger partial charge in [0.1, 0.15) is 0 Å². The molecule has 10 nitrogen and oxygen atoms in total. The second-order valence-electron chi connectivity index (χ2n) is 5.19. The maximum Gasteiger partial charge on any atom is 0.329 e. The summed E-state index contributed by atoms with van der Waals surface area (Å²) in [5, 5.41) is 10.7. The first-order valence-electron chi connectivity index (χ1n) is 6.92. The van der Waals surface area contributed by atoms with Crippen LogP contribution in [0.1, 0.15) is 10.4 Å². The molecule has 1 N–H and O–H groups in total. The number of aryl methyl sites for hydroxylation is 1. The highest BCUT2D eigenvalue weighted by Crippen LogP contribution is 2.18. The number of nitrogens with one attached hydrogen (secondary N) is 1. The first-order chi connectivity index (χ1) is 11.8. The van der Waals surface area contributed by atoms with Crippen molar-refractivity contribution >= 4 is 34.2 Å². The minimum Gasteiger partial charge on any atom is -0.301 e. The standard InChI is InChI=1S/C14H10ClN5O5/c1-18-11-10(12(22)17-14(18)23)19(13(15)16-11)6-9(21)7-3-2-4-8(5-7)20(24)25/h2-5H,6H2,1H3,(H,17,22,23). The molecule has 25 heavy (non-hydrogen) atoms. The summed E-state index contributed by atoms with van der Waals surface area (Å²) in [5.74, 6) is -0.502. The van der Waals surface area contributed by atoms with Gasteiger partial charge in [-0.1, -0.05) is 12.1 Å². The van der Waals surface area contributed by atoms with E-state index in [4.69, 9.17) is 11.6 Å². The number of nitro benzene ring substituents is 1. The highest BCUT2D eigenvalue weighted by atomic mass is 35.5. The number of benzene rings is 1. The maximum absolute atomic E-state index is 12.4. The second-order valence-corrected chi connectivity index (χ2v) is 5.53. The number of aromatic amines is 1. The molecule has 3 rings (SSSR count). The molecule has 0 saturated heterocycles. The van der Waals surface area contributed by atoms with Gasteiger partial charge < -0.3 is 4.57 Å². The number of hydrogen-bond donors (Lipinski definition) is 1. The summed E-state index contributed by atoms with van der Waals surface area (Å²) in [6.07, 6.45) is 0. The maximum atomic E-state index is 12.4. The Labute approximate surface area is 143 Å². The zero-order valence-electron chi connectivity index (χ0n) is 12.7. The van der Waals surface area contributed by atoms with Crippen molar-refractivity contribution in [2.45, 2.75) is 6.54 Å². The number of fused-ring (bicyclic) bond motifs is 1. The fourth-order valence-corrected chi connectivity index (χ4v) is 2.60. The number of halogens is 1. The highest BCUT2D eigenvalue weighted by Gasteiger charge is 2.19. The highest BCUT2D eigenvalue weighted by molar-refractivity contribution is 6.29. The van der Waals surface area contributed by atoms with Gasteiger partial charge in [-0.2, -0.15) is 4.98 Å². The summed E-state index contributed by atoms with van der Waals surface area (Å²) in [7, 11) is 1.40. The third-order valence-corrected chi connectivity index (χ3v) is 3.93. The van der Waals surface area contributed by atoms with Crippen LogP contribution in [-0.4, -0.2) is 29.8 Å². The number of rotatable bonds is 4. The van der Waals surface area contributed by atoms with Crippen LogP contribution in [-0.2, 0) is 13.6 Å². The van der Waals surface area contributed by atoms with E-state index in [9.17, 15) is 24.5 Å². The predicted octanol–water partition coefficient (Wildman–Crippen LogP) is 0.868. The van der Waals surface area contributed by atoms with Crippen LogP contribution in [0.2, 0.25) is 5.28 Å². The minimum absolute atomic E-state index is 0.0330. The van der Waals surface area contributed by atoms with Crippen LogP contribution in [0, 0.1) is 10.1 Å². The van der Waals surface area contributed by atoms with Crippen molar-refractivity contribution in [3.05, 3.63) is 66.1 Å². The molecule has 11 heteroatoms. The molecule has 128 valence electrons. The molecule has 0 aliphatic heterocycles. The molecule has 0 atom stereocenters. The Morgan fingerprint density at radius 2 is 2.12 bits per heavy atom. The van der Waals surface area contributed by atoms with Gasteiger partial charge in [0, 0.05) is 24.7 Å². The Bertz CT molecular complexity index is 1140. The topological polar surface area (TPSA) is 133 Å². The number of imidazole rings is 1. The molecule has 0 spiro atoms. The lowest BCUT2D eigenvalue weighted by atomic mass is 10.1. The molecule has 0 radical (unpaired) electrons. The zero-order chi connectivity index (χ0) is 18.3. The summed E-state index contributed by atoms with van der Waals surface area (Å²) >= 11 is 6.00. The van der Waals surface area contributed by atoms with Crippen LogP contribution in [0.25, 0.3) is 11.2 Å². The fourth-order valence-electron chi connectivity index (χ4n) is 2.38. The SMILES string of the molecule is Cn1c(=O)[nH]c(=O)c2c1nc(Cl)n2CC(=O)c1cccc([N+](=O)[O-])c1. The van der Waals surface area contributed by atoms with E-state index >= 15 is 0 Å². The van der Waals surface area contributed by atoms with Crippen LogP contribution in [0.15, 0.2) is 33.9 Å². The Morgan fingerprint density at radius 1 is 1.40 bits per heavy atom. The molecule has 0 fully saturated rings. The Morgan fingerprint density at radius 3 is 2.80 bits per heavy atom. The molecule has 1 aromatic carbocycles. The van der Waals surface area contributed by atoms with Crippen molar-refractivity contribution in [2.24, 2.45) is 7.05 Å². The van der Waals surface area contributed by atoms with Crippen molar-refractivity contribution in [3.8, 4) is 0 Å². The number of H-pyrrole nitrogens is 1. The smallest absolute Gasteiger partial charge is 0.301 e. The van der Waals surface area contributed by atoms with Gasteiger partial charge in [0.25, 0.3) is 11.2 Å². The monoisotopic (exact) mass is 363 g/mol. The number of nitrogens with zero attached hydrogens (tertiary/aromatic N) is 4. The minimum atomic E-state index is -0.732. The van der Waals surface area contributed by atoms with Crippen LogP contribution in [0.4, 0.5) is 5.69 Å². The quantitative estimate of drug-likeness (QED) is 0.316. The van der Waals surface area contributed by atoms with Crippen molar-refractivity contribution in [2.75, 3.05) is 0 Å². The Kier molecular flexibility index (Phi) is 3.97. The van der Waals surface area contributed by atoms with Gasteiger partial charge in [-0.05, 0) is 11.6 Å². The van der Waals surface area contributed by atoms with Gasteiger partial charge >= 0.3 is 5.69 Å². The van der Waals surface area contributed by atoms with Gasteiger partial charge in [0.05, 0.1) is 11.5 Å². The van der Waals surface area contributed by atoms with Gasteiger partial charge in [0.15, 0.2) is 16.9 Å². The van der Waals surface area contributed by atoms with Crippen LogP contribution in [0.3, 0.4) is 0 Å². The van der Waals surface area contributed by atoms with Crippen molar-refractivity contribution in [1.29, 1.82) is 0 Å². The average Bonchev–Trinajstić information content (AvgIpc) is 2.90. The Hall–Kier alpha value is -3.27. The van der Waals surface area contributed by atoms with Crippen LogP contribution >= 0.6 is 11.6 Å². The van der Waals surface area contributed by atoms with Crippen molar-refractivity contribution in [3.63, 3.8) is 0 Å². The largest absolute Gasteiger partial charge is 0.329 e. The predicted molar refractivity (Wildman–Crippen MR) is 88.0 cm³/mol. The van der Waals surface area contributed by atoms with E-state index < -0.39 is 22.0 Å². The van der Waals surface area contributed by atoms with Crippen LogP contribution < -0.4 is 11.2 Å². The summed E-state index contributed by atoms with van der Waals surface area (Å²) in [5.41, 5.74) is -1.54. The first kappa shape index (κ1) is 16.6. The summed E-state index contributed by atoms with van der Waals surface area (Å²) < 4.78 is 2.24. The van der Waals surface area contributed by atoms with E-state index in [1.165, 1.54) is 25.2 Å². The molecular weight excluding hydrogens is 354 g/mol. The third kappa shape index (κ3) is 2.83. The van der Waals surface area contributed by atoms with E-state index in [0.717, 1.165) is 15.2 Å². The molecule has 0 bridgehead atoms. The van der Waals surface area contributed by atoms with Crippen LogP contribution in [0.5, 0.6) is 0 Å². The molecular formula is C14H10ClN5O5. The number of aromatic nitrogens is 4. The molecule has 0 unspecified atom stereocenters. The average molecular weight is 364 g/mol. The number of ketones is 1. The van der Waals surface area contributed by atoms with E-state index in [0.29, 0.717) is 0 Å².